The Hall–Kier alpha value is -4.08. The van der Waals surface area contributed by atoms with Gasteiger partial charge in [0.25, 0.3) is 5.91 Å². The zero-order chi connectivity index (χ0) is 25.4. The maximum Gasteiger partial charge on any atom is 0.343 e. The number of carbonyl (C=O) groups excluding carboxylic acids is 2. The van der Waals surface area contributed by atoms with Crippen LogP contribution in [0.3, 0.4) is 0 Å². The maximum absolute atomic E-state index is 12.5. The summed E-state index contributed by atoms with van der Waals surface area (Å²) in [5, 5.41) is 19.0. The molecule has 0 fully saturated rings. The van der Waals surface area contributed by atoms with Gasteiger partial charge in [-0.3, -0.25) is 10.1 Å². The number of benzene rings is 2. The molecule has 35 heavy (non-hydrogen) atoms. The predicted octanol–water partition coefficient (Wildman–Crippen LogP) is 3.50. The van der Waals surface area contributed by atoms with E-state index in [0.29, 0.717) is 22.5 Å². The fourth-order valence-corrected chi connectivity index (χ4v) is 4.67. The van der Waals surface area contributed by atoms with Crippen LogP contribution in [0.1, 0.15) is 29.8 Å². The number of hydrogen-bond donors (Lipinski definition) is 1. The van der Waals surface area contributed by atoms with E-state index in [-0.39, 0.29) is 38.9 Å². The molecule has 0 spiro atoms. The third-order valence-corrected chi connectivity index (χ3v) is 7.45. The average molecular weight is 513 g/mol. The summed E-state index contributed by atoms with van der Waals surface area (Å²) < 4.78 is 34.5. The van der Waals surface area contributed by atoms with Gasteiger partial charge in [0.15, 0.2) is 11.5 Å². The minimum Gasteiger partial charge on any atom is -0.490 e. The molecule has 12 heteroatoms. The number of sulfone groups is 1. The third-order valence-electron chi connectivity index (χ3n) is 4.43. The molecule has 2 aromatic carbocycles. The Morgan fingerprint density at radius 3 is 2.51 bits per heavy atom. The Bertz CT molecular complexity index is 1410. The Kier molecular flexibility index (Phi) is 8.30. The van der Waals surface area contributed by atoms with Gasteiger partial charge >= 0.3 is 5.97 Å². The highest BCUT2D eigenvalue weighted by molar-refractivity contribution is 7.93. The van der Waals surface area contributed by atoms with Crippen molar-refractivity contribution in [2.45, 2.75) is 18.2 Å². The van der Waals surface area contributed by atoms with Crippen molar-refractivity contribution in [1.82, 2.24) is 10.2 Å². The van der Waals surface area contributed by atoms with E-state index in [4.69, 9.17) is 9.47 Å². The number of nitrogens with zero attached hydrogens (tertiary/aromatic N) is 3. The van der Waals surface area contributed by atoms with Crippen molar-refractivity contribution >= 4 is 44.3 Å². The molecule has 0 aliphatic heterocycles. The second kappa shape index (κ2) is 11.4. The maximum atomic E-state index is 12.5. The number of nitriles is 1. The van der Waals surface area contributed by atoms with Crippen LogP contribution < -0.4 is 14.8 Å². The van der Waals surface area contributed by atoms with Gasteiger partial charge in [-0.15, -0.1) is 10.2 Å². The van der Waals surface area contributed by atoms with Crippen LogP contribution in [0.2, 0.25) is 0 Å². The zero-order valence-electron chi connectivity index (χ0n) is 18.7. The first-order valence-corrected chi connectivity index (χ1v) is 12.8. The molecule has 0 saturated carbocycles. The molecule has 0 atom stereocenters. The standard InChI is InChI=1S/C23H20N4O6S2/c1-3-32-19-13-15(10-11-18(19)33-21(29)16-8-6-5-7-9-16)12-17(14-24)20(28)25-22-26-27-23(34-22)35(30,31)4-2/h5-13H,3-4H2,1-2H3,(H,25,26,28). The quantitative estimate of drug-likeness (QED) is 0.149. The number of amides is 1. The summed E-state index contributed by atoms with van der Waals surface area (Å²) in [7, 11) is -3.56. The zero-order valence-corrected chi connectivity index (χ0v) is 20.4. The molecule has 1 N–H and O–H groups in total. The SMILES string of the molecule is CCOc1cc(C=C(C#N)C(=O)Nc2nnc(S(=O)(=O)CC)s2)ccc1OC(=O)c1ccccc1. The van der Waals surface area contributed by atoms with Crippen molar-refractivity contribution in [3.63, 3.8) is 0 Å². The monoisotopic (exact) mass is 512 g/mol. The lowest BCUT2D eigenvalue weighted by Crippen LogP contribution is -2.13. The summed E-state index contributed by atoms with van der Waals surface area (Å²) in [6.07, 6.45) is 1.31. The minimum absolute atomic E-state index is 0.0543. The van der Waals surface area contributed by atoms with Crippen LogP contribution in [-0.2, 0) is 14.6 Å². The van der Waals surface area contributed by atoms with E-state index in [0.717, 1.165) is 0 Å². The van der Waals surface area contributed by atoms with Crippen LogP contribution >= 0.6 is 11.3 Å². The molecule has 0 aliphatic carbocycles. The fourth-order valence-electron chi connectivity index (χ4n) is 2.69. The minimum atomic E-state index is -3.56. The highest BCUT2D eigenvalue weighted by Gasteiger charge is 2.20. The van der Waals surface area contributed by atoms with Crippen molar-refractivity contribution in [1.29, 1.82) is 5.26 Å². The fraction of sp³-hybridized carbons (Fsp3) is 0.174. The highest BCUT2D eigenvalue weighted by atomic mass is 32.2. The Labute approximate surface area is 205 Å². The second-order valence-electron chi connectivity index (χ2n) is 6.80. The van der Waals surface area contributed by atoms with E-state index >= 15 is 0 Å². The van der Waals surface area contributed by atoms with Crippen molar-refractivity contribution in [2.24, 2.45) is 0 Å². The molecule has 0 aliphatic rings. The number of ether oxygens (including phenoxy) is 2. The highest BCUT2D eigenvalue weighted by Crippen LogP contribution is 2.30. The van der Waals surface area contributed by atoms with E-state index in [2.05, 4.69) is 15.5 Å². The number of esters is 1. The molecule has 0 radical (unpaired) electrons. The van der Waals surface area contributed by atoms with E-state index in [1.54, 1.807) is 49.4 Å². The molecular weight excluding hydrogens is 492 g/mol. The largest absolute Gasteiger partial charge is 0.490 e. The van der Waals surface area contributed by atoms with Gasteiger partial charge in [0.05, 0.1) is 17.9 Å². The number of rotatable bonds is 9. The molecule has 3 rings (SSSR count). The van der Waals surface area contributed by atoms with E-state index in [9.17, 15) is 23.3 Å². The van der Waals surface area contributed by atoms with Crippen molar-refractivity contribution in [3.05, 3.63) is 65.2 Å². The van der Waals surface area contributed by atoms with Crippen molar-refractivity contribution in [2.75, 3.05) is 17.7 Å². The Morgan fingerprint density at radius 2 is 1.86 bits per heavy atom. The van der Waals surface area contributed by atoms with E-state index in [1.165, 1.54) is 25.1 Å². The number of nitrogens with one attached hydrogen (secondary N) is 1. The van der Waals surface area contributed by atoms with Gasteiger partial charge in [-0.05, 0) is 42.8 Å². The second-order valence-corrected chi connectivity index (χ2v) is 10.2. The van der Waals surface area contributed by atoms with Crippen LogP contribution in [0, 0.1) is 11.3 Å². The summed E-state index contributed by atoms with van der Waals surface area (Å²) in [5.41, 5.74) is 0.539. The van der Waals surface area contributed by atoms with Gasteiger partial charge in [0, 0.05) is 0 Å². The number of anilines is 1. The van der Waals surface area contributed by atoms with E-state index in [1.807, 2.05) is 0 Å². The molecule has 0 unspecified atom stereocenters. The summed E-state index contributed by atoms with van der Waals surface area (Å²) >= 11 is 0.695. The normalized spacial score (nSPS) is 11.4. The van der Waals surface area contributed by atoms with Gasteiger partial charge in [0.2, 0.25) is 19.3 Å². The van der Waals surface area contributed by atoms with E-state index < -0.39 is 21.7 Å². The molecule has 10 nitrogen and oxygen atoms in total. The van der Waals surface area contributed by atoms with Crippen LogP contribution in [0.15, 0.2) is 58.4 Å². The molecule has 1 amide bonds. The Balaban J connectivity index is 1.81. The average Bonchev–Trinajstić information content (AvgIpc) is 3.34. The summed E-state index contributed by atoms with van der Waals surface area (Å²) in [6, 6.07) is 14.8. The summed E-state index contributed by atoms with van der Waals surface area (Å²) in [6.45, 7) is 3.51. The molecule has 3 aromatic rings. The molecule has 1 aromatic heterocycles. The van der Waals surface area contributed by atoms with Gasteiger partial charge in [0.1, 0.15) is 11.6 Å². The number of carbonyl (C=O) groups is 2. The topological polar surface area (TPSA) is 148 Å². The molecular formula is C23H20N4O6S2. The van der Waals surface area contributed by atoms with Crippen LogP contribution in [0.5, 0.6) is 11.5 Å². The van der Waals surface area contributed by atoms with Crippen molar-refractivity contribution in [3.8, 4) is 17.6 Å². The lowest BCUT2D eigenvalue weighted by Gasteiger charge is -2.11. The molecule has 1 heterocycles. The summed E-state index contributed by atoms with van der Waals surface area (Å²) in [4.78, 5) is 24.9. The Morgan fingerprint density at radius 1 is 1.11 bits per heavy atom. The molecule has 0 saturated heterocycles. The lowest BCUT2D eigenvalue weighted by atomic mass is 10.1. The van der Waals surface area contributed by atoms with Crippen molar-refractivity contribution < 1.29 is 27.5 Å². The van der Waals surface area contributed by atoms with Gasteiger partial charge in [-0.2, -0.15) is 5.26 Å². The third kappa shape index (κ3) is 6.50. The molecule has 0 bridgehead atoms. The lowest BCUT2D eigenvalue weighted by molar-refractivity contribution is -0.112. The van der Waals surface area contributed by atoms with Gasteiger partial charge in [-0.25, -0.2) is 13.2 Å². The first-order chi connectivity index (χ1) is 16.8. The van der Waals surface area contributed by atoms with Crippen LogP contribution in [-0.4, -0.2) is 42.9 Å². The van der Waals surface area contributed by atoms with Crippen LogP contribution in [0.25, 0.3) is 6.08 Å². The smallest absolute Gasteiger partial charge is 0.343 e. The van der Waals surface area contributed by atoms with Gasteiger partial charge < -0.3 is 9.47 Å². The predicted molar refractivity (Wildman–Crippen MR) is 129 cm³/mol. The number of hydrogen-bond acceptors (Lipinski definition) is 10. The molecule has 180 valence electrons. The van der Waals surface area contributed by atoms with Crippen LogP contribution in [0.4, 0.5) is 5.13 Å². The first kappa shape index (κ1) is 25.5. The number of aromatic nitrogens is 2. The van der Waals surface area contributed by atoms with Gasteiger partial charge in [-0.1, -0.05) is 42.5 Å². The summed E-state index contributed by atoms with van der Waals surface area (Å²) in [5.74, 6) is -1.08. The first-order valence-electron chi connectivity index (χ1n) is 10.3.